The van der Waals surface area contributed by atoms with E-state index in [1.165, 1.54) is 12.1 Å². The van der Waals surface area contributed by atoms with E-state index in [1.54, 1.807) is 12.1 Å². The lowest BCUT2D eigenvalue weighted by molar-refractivity contribution is -0.142. The highest BCUT2D eigenvalue weighted by atomic mass is 19.1. The molecule has 0 radical (unpaired) electrons. The van der Waals surface area contributed by atoms with Gasteiger partial charge in [-0.15, -0.1) is 0 Å². The van der Waals surface area contributed by atoms with Gasteiger partial charge >= 0.3 is 0 Å². The molecule has 3 rings (SSSR count). The lowest BCUT2D eigenvalue weighted by Gasteiger charge is -2.41. The molecule has 0 aliphatic carbocycles. The van der Waals surface area contributed by atoms with Gasteiger partial charge in [0.05, 0.1) is 5.41 Å². The minimum absolute atomic E-state index is 0.166. The van der Waals surface area contributed by atoms with Gasteiger partial charge < -0.3 is 15.0 Å². The summed E-state index contributed by atoms with van der Waals surface area (Å²) in [4.78, 5) is 15.0. The van der Waals surface area contributed by atoms with Crippen LogP contribution < -0.4 is 5.32 Å². The SMILES string of the molecule is O=C(N1CCNCC1)C1(c2ccc(F)cc2)CCOCC1. The van der Waals surface area contributed by atoms with Gasteiger partial charge in [-0.3, -0.25) is 4.79 Å². The summed E-state index contributed by atoms with van der Waals surface area (Å²) in [5.74, 6) is -0.102. The second-order valence-corrected chi connectivity index (χ2v) is 5.74. The summed E-state index contributed by atoms with van der Waals surface area (Å²) in [6.45, 7) is 4.30. The molecule has 0 aromatic heterocycles. The van der Waals surface area contributed by atoms with Crippen LogP contribution in [0.15, 0.2) is 24.3 Å². The number of amides is 1. The largest absolute Gasteiger partial charge is 0.381 e. The zero-order chi connectivity index (χ0) is 14.7. The molecule has 114 valence electrons. The first-order chi connectivity index (χ1) is 10.2. The van der Waals surface area contributed by atoms with Crippen LogP contribution in [0.1, 0.15) is 18.4 Å². The lowest BCUT2D eigenvalue weighted by atomic mass is 9.73. The van der Waals surface area contributed by atoms with Crippen LogP contribution >= 0.6 is 0 Å². The molecule has 5 heteroatoms. The Balaban J connectivity index is 1.92. The smallest absolute Gasteiger partial charge is 0.233 e. The average molecular weight is 292 g/mol. The number of carbonyl (C=O) groups excluding carboxylic acids is 1. The van der Waals surface area contributed by atoms with Crippen molar-refractivity contribution in [3.63, 3.8) is 0 Å². The van der Waals surface area contributed by atoms with Crippen molar-refractivity contribution in [1.82, 2.24) is 10.2 Å². The van der Waals surface area contributed by atoms with Gasteiger partial charge in [-0.2, -0.15) is 0 Å². The molecule has 0 spiro atoms. The van der Waals surface area contributed by atoms with Crippen molar-refractivity contribution in [2.75, 3.05) is 39.4 Å². The van der Waals surface area contributed by atoms with Gasteiger partial charge in [0.25, 0.3) is 0 Å². The van der Waals surface area contributed by atoms with E-state index in [2.05, 4.69) is 5.32 Å². The normalized spacial score (nSPS) is 22.0. The molecule has 0 atom stereocenters. The van der Waals surface area contributed by atoms with E-state index in [1.807, 2.05) is 4.90 Å². The fourth-order valence-corrected chi connectivity index (χ4v) is 3.29. The Morgan fingerprint density at radius 1 is 1.14 bits per heavy atom. The van der Waals surface area contributed by atoms with Crippen LogP contribution in [0.25, 0.3) is 0 Å². The van der Waals surface area contributed by atoms with E-state index in [0.29, 0.717) is 26.1 Å². The zero-order valence-electron chi connectivity index (χ0n) is 12.1. The highest BCUT2D eigenvalue weighted by Crippen LogP contribution is 2.37. The lowest BCUT2D eigenvalue weighted by Crippen LogP contribution is -2.55. The van der Waals surface area contributed by atoms with E-state index < -0.39 is 5.41 Å². The number of halogens is 1. The van der Waals surface area contributed by atoms with Crippen LogP contribution in [0.5, 0.6) is 0 Å². The van der Waals surface area contributed by atoms with E-state index in [0.717, 1.165) is 31.7 Å². The van der Waals surface area contributed by atoms with Crippen LogP contribution in [0, 0.1) is 5.82 Å². The van der Waals surface area contributed by atoms with Gasteiger partial charge in [0.15, 0.2) is 0 Å². The molecule has 1 aromatic carbocycles. The molecule has 2 aliphatic rings. The predicted molar refractivity (Wildman–Crippen MR) is 77.6 cm³/mol. The van der Waals surface area contributed by atoms with Gasteiger partial charge in [0.1, 0.15) is 5.82 Å². The van der Waals surface area contributed by atoms with Crippen molar-refractivity contribution in [3.05, 3.63) is 35.6 Å². The molecule has 0 unspecified atom stereocenters. The fourth-order valence-electron chi connectivity index (χ4n) is 3.29. The number of nitrogens with zero attached hydrogens (tertiary/aromatic N) is 1. The molecule has 1 aromatic rings. The first-order valence-electron chi connectivity index (χ1n) is 7.56. The maximum Gasteiger partial charge on any atom is 0.233 e. The molecule has 21 heavy (non-hydrogen) atoms. The van der Waals surface area contributed by atoms with Crippen molar-refractivity contribution in [1.29, 1.82) is 0 Å². The summed E-state index contributed by atoms with van der Waals surface area (Å²) in [7, 11) is 0. The van der Waals surface area contributed by atoms with Crippen molar-refractivity contribution in [3.8, 4) is 0 Å². The zero-order valence-corrected chi connectivity index (χ0v) is 12.1. The van der Waals surface area contributed by atoms with E-state index in [4.69, 9.17) is 4.74 Å². The van der Waals surface area contributed by atoms with Crippen molar-refractivity contribution >= 4 is 5.91 Å². The maximum absolute atomic E-state index is 13.2. The first-order valence-corrected chi connectivity index (χ1v) is 7.56. The Bertz CT molecular complexity index is 492. The van der Waals surface area contributed by atoms with E-state index >= 15 is 0 Å². The average Bonchev–Trinajstić information content (AvgIpc) is 2.56. The van der Waals surface area contributed by atoms with Gasteiger partial charge in [0, 0.05) is 39.4 Å². The third-order valence-corrected chi connectivity index (χ3v) is 4.56. The minimum Gasteiger partial charge on any atom is -0.381 e. The number of hydrogen-bond acceptors (Lipinski definition) is 3. The molecule has 4 nitrogen and oxygen atoms in total. The monoisotopic (exact) mass is 292 g/mol. The molecule has 2 aliphatic heterocycles. The van der Waals surface area contributed by atoms with E-state index in [9.17, 15) is 9.18 Å². The molecular weight excluding hydrogens is 271 g/mol. The topological polar surface area (TPSA) is 41.6 Å². The van der Waals surface area contributed by atoms with Crippen molar-refractivity contribution < 1.29 is 13.9 Å². The number of carbonyl (C=O) groups is 1. The van der Waals surface area contributed by atoms with E-state index in [-0.39, 0.29) is 11.7 Å². The van der Waals surface area contributed by atoms with Gasteiger partial charge in [-0.1, -0.05) is 12.1 Å². The minimum atomic E-state index is -0.552. The Hall–Kier alpha value is -1.46. The summed E-state index contributed by atoms with van der Waals surface area (Å²) in [5, 5.41) is 3.26. The highest BCUT2D eigenvalue weighted by Gasteiger charge is 2.44. The Kier molecular flexibility index (Phi) is 4.22. The standard InChI is InChI=1S/C16H21FN2O2/c17-14-3-1-13(2-4-14)16(5-11-21-12-6-16)15(20)19-9-7-18-8-10-19/h1-4,18H,5-12H2. The number of piperazine rings is 1. The summed E-state index contributed by atoms with van der Waals surface area (Å²) < 4.78 is 18.7. The highest BCUT2D eigenvalue weighted by molar-refractivity contribution is 5.88. The van der Waals surface area contributed by atoms with Crippen molar-refractivity contribution in [2.24, 2.45) is 0 Å². The maximum atomic E-state index is 13.2. The van der Waals surface area contributed by atoms with Crippen LogP contribution in [-0.4, -0.2) is 50.2 Å². The predicted octanol–water partition coefficient (Wildman–Crippen LogP) is 1.31. The molecule has 2 saturated heterocycles. The second kappa shape index (κ2) is 6.12. The van der Waals surface area contributed by atoms with Gasteiger partial charge in [0.2, 0.25) is 5.91 Å². The molecule has 1 amide bonds. The van der Waals surface area contributed by atoms with Crippen LogP contribution in [0.4, 0.5) is 4.39 Å². The number of ether oxygens (including phenoxy) is 1. The van der Waals surface area contributed by atoms with Crippen LogP contribution in [-0.2, 0) is 14.9 Å². The van der Waals surface area contributed by atoms with Gasteiger partial charge in [-0.25, -0.2) is 4.39 Å². The quantitative estimate of drug-likeness (QED) is 0.893. The number of nitrogens with one attached hydrogen (secondary N) is 1. The molecule has 1 N–H and O–H groups in total. The Morgan fingerprint density at radius 2 is 1.76 bits per heavy atom. The third-order valence-electron chi connectivity index (χ3n) is 4.56. The van der Waals surface area contributed by atoms with Crippen molar-refractivity contribution in [2.45, 2.75) is 18.3 Å². The van der Waals surface area contributed by atoms with Crippen LogP contribution in [0.2, 0.25) is 0 Å². The second-order valence-electron chi connectivity index (χ2n) is 5.74. The summed E-state index contributed by atoms with van der Waals surface area (Å²) >= 11 is 0. The summed E-state index contributed by atoms with van der Waals surface area (Å²) in [5.41, 5.74) is 0.360. The number of rotatable bonds is 2. The molecule has 0 saturated carbocycles. The van der Waals surface area contributed by atoms with Gasteiger partial charge in [-0.05, 0) is 30.5 Å². The molecule has 2 fully saturated rings. The Labute approximate surface area is 124 Å². The third kappa shape index (κ3) is 2.80. The molecule has 0 bridgehead atoms. The molecular formula is C16H21FN2O2. The summed E-state index contributed by atoms with van der Waals surface area (Å²) in [6, 6.07) is 6.39. The fraction of sp³-hybridized carbons (Fsp3) is 0.562. The number of hydrogen-bond donors (Lipinski definition) is 1. The Morgan fingerprint density at radius 3 is 2.38 bits per heavy atom. The molecule has 2 heterocycles. The first kappa shape index (κ1) is 14.5. The summed E-state index contributed by atoms with van der Waals surface area (Å²) in [6.07, 6.45) is 1.34. The number of benzene rings is 1. The van der Waals surface area contributed by atoms with Crippen LogP contribution in [0.3, 0.4) is 0 Å².